The molecule has 0 aliphatic carbocycles. The number of allylic oxidation sites excluding steroid dienone is 1. The van der Waals surface area contributed by atoms with Gasteiger partial charge in [0, 0.05) is 6.21 Å². The first-order valence-corrected chi connectivity index (χ1v) is 2.89. The Hall–Kier alpha value is -1.19. The highest BCUT2D eigenvalue weighted by Gasteiger charge is 2.14. The molecule has 1 atom stereocenters. The van der Waals surface area contributed by atoms with Crippen LogP contribution < -0.4 is 5.73 Å². The molecular weight excluding hydrogens is 135 g/mol. The van der Waals surface area contributed by atoms with E-state index in [2.05, 4.69) is 4.99 Å². The summed E-state index contributed by atoms with van der Waals surface area (Å²) in [5.41, 5.74) is 4.93. The zero-order valence-electron chi connectivity index (χ0n) is 5.25. The molecule has 54 valence electrons. The van der Waals surface area contributed by atoms with Crippen LogP contribution in [-0.2, 0) is 4.79 Å². The highest BCUT2D eigenvalue weighted by molar-refractivity contribution is 5.93. The summed E-state index contributed by atoms with van der Waals surface area (Å²) in [6.07, 6.45) is 2.80. The summed E-state index contributed by atoms with van der Waals surface area (Å²) in [5, 5.41) is 0. The van der Waals surface area contributed by atoms with Gasteiger partial charge in [-0.2, -0.15) is 4.39 Å². The fourth-order valence-electron chi connectivity index (χ4n) is 0.689. The van der Waals surface area contributed by atoms with Crippen molar-refractivity contribution in [3.05, 3.63) is 12.0 Å². The molecule has 1 aliphatic rings. The van der Waals surface area contributed by atoms with Gasteiger partial charge in [-0.3, -0.25) is 4.79 Å². The fraction of sp³-hybridized carbons (Fsp3) is 0.333. The third kappa shape index (κ3) is 1.40. The molecule has 4 heteroatoms. The average molecular weight is 142 g/mol. The van der Waals surface area contributed by atoms with Gasteiger partial charge in [0.2, 0.25) is 11.9 Å². The predicted molar refractivity (Wildman–Crippen MR) is 35.0 cm³/mol. The first kappa shape index (κ1) is 6.92. The molecule has 3 nitrogen and oxygen atoms in total. The number of hydrogen-bond donors (Lipinski definition) is 1. The lowest BCUT2D eigenvalue weighted by Gasteiger charge is -2.06. The van der Waals surface area contributed by atoms with E-state index in [-0.39, 0.29) is 0 Å². The van der Waals surface area contributed by atoms with Gasteiger partial charge in [-0.1, -0.05) is 0 Å². The van der Waals surface area contributed by atoms with Crippen LogP contribution in [0.15, 0.2) is 17.0 Å². The number of carbonyl (C=O) groups excluding carboxylic acids is 1. The SMILES string of the molecule is NC(=O)[C@H]1C=NC(F)=CC1. The summed E-state index contributed by atoms with van der Waals surface area (Å²) in [5.74, 6) is -1.44. The van der Waals surface area contributed by atoms with Crippen molar-refractivity contribution in [3.63, 3.8) is 0 Å². The van der Waals surface area contributed by atoms with Crippen molar-refractivity contribution in [2.45, 2.75) is 6.42 Å². The van der Waals surface area contributed by atoms with Crippen molar-refractivity contribution < 1.29 is 9.18 Å². The van der Waals surface area contributed by atoms with Crippen LogP contribution in [-0.4, -0.2) is 12.1 Å². The van der Waals surface area contributed by atoms with E-state index in [4.69, 9.17) is 5.73 Å². The molecule has 0 saturated carbocycles. The smallest absolute Gasteiger partial charge is 0.226 e. The Morgan fingerprint density at radius 2 is 2.60 bits per heavy atom. The molecule has 0 bridgehead atoms. The molecular formula is C6H7FN2O. The monoisotopic (exact) mass is 142 g/mol. The Morgan fingerprint density at radius 3 is 3.00 bits per heavy atom. The first-order chi connectivity index (χ1) is 4.70. The molecule has 0 aromatic heterocycles. The maximum Gasteiger partial charge on any atom is 0.226 e. The maximum absolute atomic E-state index is 12.1. The second kappa shape index (κ2) is 2.60. The molecule has 1 rings (SSSR count). The van der Waals surface area contributed by atoms with Gasteiger partial charge in [-0.05, 0) is 12.5 Å². The van der Waals surface area contributed by atoms with Gasteiger partial charge in [-0.15, -0.1) is 0 Å². The normalized spacial score (nSPS) is 24.1. The standard InChI is InChI=1S/C6H7FN2O/c7-5-2-1-4(3-9-5)6(8)10/h2-4H,1H2,(H2,8,10)/t4-/m1/s1. The van der Waals surface area contributed by atoms with Crippen molar-refractivity contribution in [1.29, 1.82) is 0 Å². The number of rotatable bonds is 1. The summed E-state index contributed by atoms with van der Waals surface area (Å²) >= 11 is 0. The number of nitrogens with two attached hydrogens (primary N) is 1. The third-order valence-corrected chi connectivity index (χ3v) is 1.28. The number of primary amides is 1. The van der Waals surface area contributed by atoms with E-state index < -0.39 is 17.8 Å². The van der Waals surface area contributed by atoms with Crippen LogP contribution in [0.5, 0.6) is 0 Å². The minimum atomic E-state index is -0.544. The Morgan fingerprint density at radius 1 is 1.90 bits per heavy atom. The topological polar surface area (TPSA) is 55.5 Å². The molecule has 1 amide bonds. The van der Waals surface area contributed by atoms with Gasteiger partial charge in [0.1, 0.15) is 0 Å². The largest absolute Gasteiger partial charge is 0.369 e. The van der Waals surface area contributed by atoms with Crippen LogP contribution in [0.25, 0.3) is 0 Å². The van der Waals surface area contributed by atoms with E-state index in [1.165, 1.54) is 12.3 Å². The van der Waals surface area contributed by atoms with Crippen molar-refractivity contribution >= 4 is 12.1 Å². The Labute approximate surface area is 57.4 Å². The Balaban J connectivity index is 2.60. The lowest BCUT2D eigenvalue weighted by Crippen LogP contribution is -2.24. The van der Waals surface area contributed by atoms with Crippen LogP contribution in [0, 0.1) is 5.92 Å². The van der Waals surface area contributed by atoms with Crippen LogP contribution in [0.4, 0.5) is 4.39 Å². The minimum absolute atomic E-state index is 0.324. The lowest BCUT2D eigenvalue weighted by atomic mass is 10.1. The summed E-state index contributed by atoms with van der Waals surface area (Å²) in [7, 11) is 0. The maximum atomic E-state index is 12.1. The van der Waals surface area contributed by atoms with E-state index in [0.717, 1.165) is 0 Å². The van der Waals surface area contributed by atoms with E-state index >= 15 is 0 Å². The number of halogens is 1. The quantitative estimate of drug-likeness (QED) is 0.528. The third-order valence-electron chi connectivity index (χ3n) is 1.28. The van der Waals surface area contributed by atoms with E-state index in [9.17, 15) is 9.18 Å². The van der Waals surface area contributed by atoms with Crippen LogP contribution >= 0.6 is 0 Å². The molecule has 0 unspecified atom stereocenters. The van der Waals surface area contributed by atoms with Crippen LogP contribution in [0.1, 0.15) is 6.42 Å². The van der Waals surface area contributed by atoms with E-state index in [1.807, 2.05) is 0 Å². The summed E-state index contributed by atoms with van der Waals surface area (Å²) < 4.78 is 12.1. The van der Waals surface area contributed by atoms with Crippen molar-refractivity contribution in [2.75, 3.05) is 0 Å². The highest BCUT2D eigenvalue weighted by Crippen LogP contribution is 2.11. The second-order valence-corrected chi connectivity index (χ2v) is 2.05. The zero-order valence-corrected chi connectivity index (χ0v) is 5.25. The van der Waals surface area contributed by atoms with Gasteiger partial charge in [0.25, 0.3) is 0 Å². The molecule has 0 fully saturated rings. The molecule has 0 saturated heterocycles. The van der Waals surface area contributed by atoms with Crippen LogP contribution in [0.2, 0.25) is 0 Å². The minimum Gasteiger partial charge on any atom is -0.369 e. The van der Waals surface area contributed by atoms with Gasteiger partial charge in [0.05, 0.1) is 5.92 Å². The van der Waals surface area contributed by atoms with Gasteiger partial charge < -0.3 is 5.73 Å². The van der Waals surface area contributed by atoms with Crippen molar-refractivity contribution in [2.24, 2.45) is 16.6 Å². The van der Waals surface area contributed by atoms with Crippen LogP contribution in [0.3, 0.4) is 0 Å². The Kier molecular flexibility index (Phi) is 1.80. The van der Waals surface area contributed by atoms with E-state index in [0.29, 0.717) is 6.42 Å². The molecule has 1 heterocycles. The van der Waals surface area contributed by atoms with Crippen molar-refractivity contribution in [3.8, 4) is 0 Å². The van der Waals surface area contributed by atoms with E-state index in [1.54, 1.807) is 0 Å². The Bertz CT molecular complexity index is 210. The molecule has 0 aromatic rings. The molecule has 10 heavy (non-hydrogen) atoms. The van der Waals surface area contributed by atoms with Gasteiger partial charge in [0.15, 0.2) is 0 Å². The summed E-state index contributed by atoms with van der Waals surface area (Å²) in [4.78, 5) is 13.7. The number of aliphatic imine (C=N–C) groups is 1. The van der Waals surface area contributed by atoms with Gasteiger partial charge >= 0.3 is 0 Å². The number of carbonyl (C=O) groups is 1. The lowest BCUT2D eigenvalue weighted by molar-refractivity contribution is -0.119. The molecule has 0 spiro atoms. The molecule has 1 aliphatic heterocycles. The number of amides is 1. The fourth-order valence-corrected chi connectivity index (χ4v) is 0.689. The van der Waals surface area contributed by atoms with Crippen molar-refractivity contribution in [1.82, 2.24) is 0 Å². The number of nitrogens with zero attached hydrogens (tertiary/aromatic N) is 1. The summed E-state index contributed by atoms with van der Waals surface area (Å²) in [6, 6.07) is 0. The first-order valence-electron chi connectivity index (χ1n) is 2.89. The van der Waals surface area contributed by atoms with Gasteiger partial charge in [-0.25, -0.2) is 4.99 Å². The zero-order chi connectivity index (χ0) is 7.56. The second-order valence-electron chi connectivity index (χ2n) is 2.05. The average Bonchev–Trinajstić information content (AvgIpc) is 1.88. The predicted octanol–water partition coefficient (Wildman–Crippen LogP) is 0.373. The summed E-state index contributed by atoms with van der Waals surface area (Å²) in [6.45, 7) is 0. The molecule has 0 aromatic carbocycles. The highest BCUT2D eigenvalue weighted by atomic mass is 19.1. The number of hydrogen-bond acceptors (Lipinski definition) is 2. The molecule has 0 radical (unpaired) electrons. The molecule has 2 N–H and O–H groups in total.